The van der Waals surface area contributed by atoms with Crippen LogP contribution in [0.5, 0.6) is 5.75 Å². The van der Waals surface area contributed by atoms with E-state index in [0.29, 0.717) is 25.1 Å². The summed E-state index contributed by atoms with van der Waals surface area (Å²) in [5.41, 5.74) is 2.59. The van der Waals surface area contributed by atoms with Gasteiger partial charge in [0.15, 0.2) is 0 Å². The van der Waals surface area contributed by atoms with E-state index >= 15 is 0 Å². The van der Waals surface area contributed by atoms with Crippen molar-refractivity contribution in [3.63, 3.8) is 0 Å². The van der Waals surface area contributed by atoms with E-state index in [0.717, 1.165) is 16.9 Å². The van der Waals surface area contributed by atoms with Crippen molar-refractivity contribution >= 4 is 5.91 Å². The quantitative estimate of drug-likeness (QED) is 0.823. The summed E-state index contributed by atoms with van der Waals surface area (Å²) in [6.07, 6.45) is 0.360. The summed E-state index contributed by atoms with van der Waals surface area (Å²) in [5, 5.41) is 8.79. The molecule has 0 spiro atoms. The van der Waals surface area contributed by atoms with Gasteiger partial charge in [0.2, 0.25) is 5.91 Å². The normalized spacial score (nSPS) is 9.96. The van der Waals surface area contributed by atoms with Crippen molar-refractivity contribution in [2.45, 2.75) is 19.9 Å². The molecule has 0 N–H and O–H groups in total. The number of likely N-dealkylation sites (N-methyl/N-ethyl adjacent to an activating group) is 1. The van der Waals surface area contributed by atoms with Gasteiger partial charge in [-0.2, -0.15) is 5.26 Å². The van der Waals surface area contributed by atoms with Gasteiger partial charge in [-0.25, -0.2) is 0 Å². The second-order valence-corrected chi connectivity index (χ2v) is 5.31. The predicted molar refractivity (Wildman–Crippen MR) is 88.9 cm³/mol. The molecule has 0 aromatic heterocycles. The van der Waals surface area contributed by atoms with Gasteiger partial charge in [-0.1, -0.05) is 24.3 Å². The zero-order chi connectivity index (χ0) is 16.7. The Morgan fingerprint density at radius 3 is 2.26 bits per heavy atom. The average molecular weight is 308 g/mol. The van der Waals surface area contributed by atoms with Crippen molar-refractivity contribution in [2.75, 3.05) is 13.7 Å². The molecular formula is C19H20N2O2. The van der Waals surface area contributed by atoms with E-state index in [9.17, 15) is 4.79 Å². The maximum absolute atomic E-state index is 12.3. The summed E-state index contributed by atoms with van der Waals surface area (Å²) in [7, 11) is 1.79. The van der Waals surface area contributed by atoms with Crippen LogP contribution in [-0.4, -0.2) is 24.5 Å². The molecule has 0 bridgehead atoms. The predicted octanol–water partition coefficient (Wildman–Crippen LogP) is 3.16. The number of carbonyl (C=O) groups is 1. The lowest BCUT2D eigenvalue weighted by atomic mass is 10.1. The molecule has 1 amide bonds. The van der Waals surface area contributed by atoms with Crippen LogP contribution >= 0.6 is 0 Å². The van der Waals surface area contributed by atoms with Gasteiger partial charge in [0, 0.05) is 13.6 Å². The van der Waals surface area contributed by atoms with Gasteiger partial charge in [-0.05, 0) is 42.3 Å². The molecule has 0 fully saturated rings. The number of hydrogen-bond acceptors (Lipinski definition) is 3. The van der Waals surface area contributed by atoms with E-state index < -0.39 is 0 Å². The number of nitriles is 1. The van der Waals surface area contributed by atoms with Crippen LogP contribution in [0.15, 0.2) is 48.5 Å². The molecule has 23 heavy (non-hydrogen) atoms. The van der Waals surface area contributed by atoms with Gasteiger partial charge in [0.05, 0.1) is 24.7 Å². The molecule has 0 radical (unpaired) electrons. The Kier molecular flexibility index (Phi) is 5.76. The minimum atomic E-state index is 0.0542. The first-order valence-electron chi connectivity index (χ1n) is 7.57. The molecule has 2 rings (SSSR count). The summed E-state index contributed by atoms with van der Waals surface area (Å²) < 4.78 is 5.39. The Labute approximate surface area is 136 Å². The largest absolute Gasteiger partial charge is 0.494 e. The molecule has 118 valence electrons. The van der Waals surface area contributed by atoms with Gasteiger partial charge in [0.25, 0.3) is 0 Å². The van der Waals surface area contributed by atoms with E-state index in [-0.39, 0.29) is 5.91 Å². The molecule has 0 unspecified atom stereocenters. The van der Waals surface area contributed by atoms with Crippen LogP contribution in [0.2, 0.25) is 0 Å². The van der Waals surface area contributed by atoms with E-state index in [4.69, 9.17) is 10.00 Å². The van der Waals surface area contributed by atoms with Crippen LogP contribution in [0.3, 0.4) is 0 Å². The lowest BCUT2D eigenvalue weighted by molar-refractivity contribution is -0.129. The van der Waals surface area contributed by atoms with E-state index in [1.165, 1.54) is 0 Å². The summed E-state index contributed by atoms with van der Waals surface area (Å²) in [6.45, 7) is 3.10. The fraction of sp³-hybridized carbons (Fsp3) is 0.263. The summed E-state index contributed by atoms with van der Waals surface area (Å²) in [4.78, 5) is 14.0. The smallest absolute Gasteiger partial charge is 0.227 e. The zero-order valence-corrected chi connectivity index (χ0v) is 13.5. The van der Waals surface area contributed by atoms with E-state index in [1.54, 1.807) is 24.1 Å². The Hall–Kier alpha value is -2.80. The summed E-state index contributed by atoms with van der Waals surface area (Å²) in [5.74, 6) is 0.869. The highest BCUT2D eigenvalue weighted by Crippen LogP contribution is 2.13. The fourth-order valence-electron chi connectivity index (χ4n) is 2.23. The monoisotopic (exact) mass is 308 g/mol. The maximum Gasteiger partial charge on any atom is 0.227 e. The number of carbonyl (C=O) groups excluding carboxylic acids is 1. The minimum Gasteiger partial charge on any atom is -0.494 e. The van der Waals surface area contributed by atoms with Gasteiger partial charge in [-0.15, -0.1) is 0 Å². The van der Waals surface area contributed by atoms with Gasteiger partial charge >= 0.3 is 0 Å². The van der Waals surface area contributed by atoms with Crippen LogP contribution in [0.4, 0.5) is 0 Å². The highest BCUT2D eigenvalue weighted by molar-refractivity contribution is 5.78. The average Bonchev–Trinajstić information content (AvgIpc) is 2.57. The molecular weight excluding hydrogens is 288 g/mol. The number of hydrogen-bond donors (Lipinski definition) is 0. The molecule has 0 saturated carbocycles. The van der Waals surface area contributed by atoms with Crippen LogP contribution in [0.25, 0.3) is 0 Å². The van der Waals surface area contributed by atoms with Gasteiger partial charge < -0.3 is 9.64 Å². The SMILES string of the molecule is CCOc1ccc(CC(=O)N(C)Cc2ccc(C#N)cc2)cc1. The lowest BCUT2D eigenvalue weighted by Crippen LogP contribution is -2.27. The van der Waals surface area contributed by atoms with Gasteiger partial charge in [-0.3, -0.25) is 4.79 Å². The second kappa shape index (κ2) is 8.00. The molecule has 0 aliphatic heterocycles. The minimum absolute atomic E-state index is 0.0542. The van der Waals surface area contributed by atoms with Crippen LogP contribution < -0.4 is 4.74 Å². The molecule has 0 aliphatic carbocycles. The first-order chi connectivity index (χ1) is 11.1. The molecule has 0 aliphatic rings. The third kappa shape index (κ3) is 4.86. The molecule has 2 aromatic carbocycles. The standard InChI is InChI=1S/C19H20N2O2/c1-3-23-18-10-8-15(9-11-18)12-19(22)21(2)14-17-6-4-16(13-20)5-7-17/h4-11H,3,12,14H2,1-2H3. The molecule has 4 nitrogen and oxygen atoms in total. The summed E-state index contributed by atoms with van der Waals surface area (Å²) in [6, 6.07) is 17.0. The number of ether oxygens (including phenoxy) is 1. The van der Waals surface area contributed by atoms with Gasteiger partial charge in [0.1, 0.15) is 5.75 Å². The Bertz CT molecular complexity index is 685. The molecule has 4 heteroatoms. The number of rotatable bonds is 6. The zero-order valence-electron chi connectivity index (χ0n) is 13.5. The fourth-order valence-corrected chi connectivity index (χ4v) is 2.23. The van der Waals surface area contributed by atoms with Crippen LogP contribution in [0.1, 0.15) is 23.6 Å². The van der Waals surface area contributed by atoms with Crippen molar-refractivity contribution in [3.8, 4) is 11.8 Å². The number of amides is 1. The molecule has 2 aromatic rings. The topological polar surface area (TPSA) is 53.3 Å². The second-order valence-electron chi connectivity index (χ2n) is 5.31. The highest BCUT2D eigenvalue weighted by atomic mass is 16.5. The Balaban J connectivity index is 1.92. The van der Waals surface area contributed by atoms with Crippen molar-refractivity contribution in [1.82, 2.24) is 4.90 Å². The summed E-state index contributed by atoms with van der Waals surface area (Å²) >= 11 is 0. The van der Waals surface area contributed by atoms with Crippen LogP contribution in [-0.2, 0) is 17.8 Å². The van der Waals surface area contributed by atoms with E-state index in [1.807, 2.05) is 43.3 Å². The van der Waals surface area contributed by atoms with Crippen molar-refractivity contribution in [1.29, 1.82) is 5.26 Å². The first-order valence-corrected chi connectivity index (χ1v) is 7.57. The van der Waals surface area contributed by atoms with Crippen molar-refractivity contribution in [2.24, 2.45) is 0 Å². The Morgan fingerprint density at radius 2 is 1.70 bits per heavy atom. The molecule has 0 heterocycles. The first kappa shape index (κ1) is 16.6. The van der Waals surface area contributed by atoms with Crippen molar-refractivity contribution < 1.29 is 9.53 Å². The third-order valence-corrected chi connectivity index (χ3v) is 3.52. The number of benzene rings is 2. The lowest BCUT2D eigenvalue weighted by Gasteiger charge is -2.17. The third-order valence-electron chi connectivity index (χ3n) is 3.52. The van der Waals surface area contributed by atoms with Crippen molar-refractivity contribution in [3.05, 3.63) is 65.2 Å². The molecule has 0 atom stereocenters. The number of nitrogens with zero attached hydrogens (tertiary/aromatic N) is 2. The van der Waals surface area contributed by atoms with Crippen LogP contribution in [0, 0.1) is 11.3 Å². The highest BCUT2D eigenvalue weighted by Gasteiger charge is 2.10. The van der Waals surface area contributed by atoms with E-state index in [2.05, 4.69) is 6.07 Å². The Morgan fingerprint density at radius 1 is 1.09 bits per heavy atom. The maximum atomic E-state index is 12.3. The molecule has 0 saturated heterocycles.